The molecule has 3 aromatic rings. The third-order valence-corrected chi connectivity index (χ3v) is 5.95. The lowest BCUT2D eigenvalue weighted by atomic mass is 9.93. The van der Waals surface area contributed by atoms with Crippen LogP contribution in [-0.2, 0) is 6.42 Å². The van der Waals surface area contributed by atoms with E-state index in [1.54, 1.807) is 0 Å². The number of nitrogens with one attached hydrogen (secondary N) is 1. The number of rotatable bonds is 4. The SMILES string of the molecule is Cc1ccccc1N1C(=O)c2ccccc2N[C@]1(C)CCc1ccc2c(c1)OCO2. The molecule has 1 N–H and O–H groups in total. The first-order valence-electron chi connectivity index (χ1n) is 10.2. The average molecular weight is 400 g/mol. The van der Waals surface area contributed by atoms with Crippen molar-refractivity contribution in [1.82, 2.24) is 0 Å². The number of anilines is 2. The number of hydrogen-bond donors (Lipinski definition) is 1. The Bertz CT molecular complexity index is 1130. The smallest absolute Gasteiger partial charge is 0.262 e. The lowest BCUT2D eigenvalue weighted by molar-refractivity contribution is 0.0954. The number of carbonyl (C=O) groups excluding carboxylic acids is 1. The Hall–Kier alpha value is -3.47. The molecule has 1 amide bonds. The van der Waals surface area contributed by atoms with Gasteiger partial charge in [0, 0.05) is 11.4 Å². The highest BCUT2D eigenvalue weighted by molar-refractivity contribution is 6.13. The summed E-state index contributed by atoms with van der Waals surface area (Å²) in [5, 5.41) is 3.65. The number of ether oxygens (including phenoxy) is 2. The summed E-state index contributed by atoms with van der Waals surface area (Å²) in [5.74, 6) is 1.59. The summed E-state index contributed by atoms with van der Waals surface area (Å²) >= 11 is 0. The molecule has 0 fully saturated rings. The van der Waals surface area contributed by atoms with Gasteiger partial charge in [0.25, 0.3) is 5.91 Å². The van der Waals surface area contributed by atoms with E-state index in [0.29, 0.717) is 5.56 Å². The molecule has 3 aromatic carbocycles. The fourth-order valence-corrected chi connectivity index (χ4v) is 4.32. The Morgan fingerprint density at radius 2 is 1.77 bits per heavy atom. The minimum absolute atomic E-state index is 0.0202. The quantitative estimate of drug-likeness (QED) is 0.658. The number of fused-ring (bicyclic) bond motifs is 2. The molecule has 2 aliphatic rings. The summed E-state index contributed by atoms with van der Waals surface area (Å²) in [6, 6.07) is 21.8. The van der Waals surface area contributed by atoms with E-state index in [9.17, 15) is 4.79 Å². The van der Waals surface area contributed by atoms with E-state index in [-0.39, 0.29) is 12.7 Å². The molecule has 1 atom stereocenters. The number of para-hydroxylation sites is 2. The van der Waals surface area contributed by atoms with Crippen LogP contribution in [0.3, 0.4) is 0 Å². The van der Waals surface area contributed by atoms with Crippen LogP contribution in [0.5, 0.6) is 11.5 Å². The summed E-state index contributed by atoms with van der Waals surface area (Å²) in [6.07, 6.45) is 1.53. The maximum absolute atomic E-state index is 13.6. The first kappa shape index (κ1) is 18.6. The second kappa shape index (κ2) is 7.10. The van der Waals surface area contributed by atoms with Crippen molar-refractivity contribution >= 4 is 17.3 Å². The number of benzene rings is 3. The second-order valence-electron chi connectivity index (χ2n) is 8.06. The van der Waals surface area contributed by atoms with Gasteiger partial charge in [-0.2, -0.15) is 0 Å². The van der Waals surface area contributed by atoms with Gasteiger partial charge in [0.1, 0.15) is 5.66 Å². The average Bonchev–Trinajstić information content (AvgIpc) is 3.22. The van der Waals surface area contributed by atoms with Crippen LogP contribution in [0.1, 0.15) is 34.8 Å². The summed E-state index contributed by atoms with van der Waals surface area (Å²) in [4.78, 5) is 15.5. The molecular formula is C25H24N2O3. The zero-order valence-corrected chi connectivity index (χ0v) is 17.1. The highest BCUT2D eigenvalue weighted by atomic mass is 16.7. The molecule has 0 unspecified atom stereocenters. The predicted molar refractivity (Wildman–Crippen MR) is 117 cm³/mol. The molecule has 0 saturated heterocycles. The van der Waals surface area contributed by atoms with Crippen molar-refractivity contribution in [3.8, 4) is 11.5 Å². The highest BCUT2D eigenvalue weighted by Gasteiger charge is 2.42. The molecule has 0 radical (unpaired) electrons. The van der Waals surface area contributed by atoms with E-state index in [2.05, 4.69) is 18.3 Å². The normalized spacial score (nSPS) is 19.4. The van der Waals surface area contributed by atoms with Crippen molar-refractivity contribution < 1.29 is 14.3 Å². The van der Waals surface area contributed by atoms with Crippen LogP contribution in [0.15, 0.2) is 66.7 Å². The molecule has 5 heteroatoms. The van der Waals surface area contributed by atoms with E-state index < -0.39 is 5.66 Å². The molecule has 0 bridgehead atoms. The molecule has 0 saturated carbocycles. The molecule has 30 heavy (non-hydrogen) atoms. The maximum Gasteiger partial charge on any atom is 0.262 e. The molecule has 2 heterocycles. The van der Waals surface area contributed by atoms with Gasteiger partial charge in [-0.25, -0.2) is 0 Å². The van der Waals surface area contributed by atoms with Gasteiger partial charge in [-0.05, 0) is 68.1 Å². The van der Waals surface area contributed by atoms with Crippen LogP contribution < -0.4 is 19.7 Å². The largest absolute Gasteiger partial charge is 0.454 e. The zero-order valence-electron chi connectivity index (χ0n) is 17.1. The van der Waals surface area contributed by atoms with Gasteiger partial charge in [-0.3, -0.25) is 9.69 Å². The third-order valence-electron chi connectivity index (χ3n) is 5.95. The van der Waals surface area contributed by atoms with Gasteiger partial charge in [0.05, 0.1) is 5.56 Å². The number of nitrogens with zero attached hydrogens (tertiary/aromatic N) is 1. The van der Waals surface area contributed by atoms with Gasteiger partial charge in [0.2, 0.25) is 6.79 Å². The third kappa shape index (κ3) is 3.07. The van der Waals surface area contributed by atoms with Crippen molar-refractivity contribution in [2.24, 2.45) is 0 Å². The summed E-state index contributed by atoms with van der Waals surface area (Å²) < 4.78 is 10.9. The molecule has 0 aromatic heterocycles. The summed E-state index contributed by atoms with van der Waals surface area (Å²) in [6.45, 7) is 4.41. The van der Waals surface area contributed by atoms with Crippen molar-refractivity contribution in [3.63, 3.8) is 0 Å². The standard InChI is InChI=1S/C25H24N2O3/c1-17-7-3-6-10-21(17)27-24(28)19-8-4-5-9-20(19)26-25(27,2)14-13-18-11-12-22-23(15-18)30-16-29-22/h3-12,15,26H,13-14,16H2,1-2H3/t25-/m0/s1. The van der Waals surface area contributed by atoms with E-state index in [4.69, 9.17) is 9.47 Å². The Balaban J connectivity index is 1.51. The van der Waals surface area contributed by atoms with Gasteiger partial charge in [-0.1, -0.05) is 36.4 Å². The lowest BCUT2D eigenvalue weighted by Gasteiger charge is -2.47. The van der Waals surface area contributed by atoms with Crippen molar-refractivity contribution in [1.29, 1.82) is 0 Å². The molecule has 5 nitrogen and oxygen atoms in total. The van der Waals surface area contributed by atoms with E-state index in [1.165, 1.54) is 0 Å². The first-order valence-corrected chi connectivity index (χ1v) is 10.2. The molecule has 2 aliphatic heterocycles. The van der Waals surface area contributed by atoms with Crippen LogP contribution in [0.2, 0.25) is 0 Å². The fourth-order valence-electron chi connectivity index (χ4n) is 4.32. The van der Waals surface area contributed by atoms with Crippen LogP contribution >= 0.6 is 0 Å². The van der Waals surface area contributed by atoms with Crippen LogP contribution in [0.25, 0.3) is 0 Å². The van der Waals surface area contributed by atoms with Gasteiger partial charge < -0.3 is 14.8 Å². The minimum Gasteiger partial charge on any atom is -0.454 e. The Morgan fingerprint density at radius 1 is 1.00 bits per heavy atom. The Labute approximate surface area is 176 Å². The minimum atomic E-state index is -0.575. The van der Waals surface area contributed by atoms with Crippen LogP contribution in [0, 0.1) is 6.92 Å². The lowest BCUT2D eigenvalue weighted by Crippen LogP contribution is -2.59. The zero-order chi connectivity index (χ0) is 20.7. The molecule has 0 spiro atoms. The molecule has 5 rings (SSSR count). The number of amides is 1. The number of aryl methyl sites for hydroxylation is 2. The van der Waals surface area contributed by atoms with E-state index in [1.807, 2.05) is 72.5 Å². The summed E-state index contributed by atoms with van der Waals surface area (Å²) in [7, 11) is 0. The molecule has 152 valence electrons. The fraction of sp³-hybridized carbons (Fsp3) is 0.240. The van der Waals surface area contributed by atoms with E-state index >= 15 is 0 Å². The van der Waals surface area contributed by atoms with Crippen LogP contribution in [-0.4, -0.2) is 18.4 Å². The molecule has 0 aliphatic carbocycles. The van der Waals surface area contributed by atoms with Crippen molar-refractivity contribution in [2.75, 3.05) is 17.0 Å². The van der Waals surface area contributed by atoms with Gasteiger partial charge in [0.15, 0.2) is 11.5 Å². The van der Waals surface area contributed by atoms with E-state index in [0.717, 1.165) is 46.8 Å². The first-order chi connectivity index (χ1) is 14.5. The van der Waals surface area contributed by atoms with Crippen molar-refractivity contribution in [2.45, 2.75) is 32.4 Å². The Kier molecular flexibility index (Phi) is 4.39. The summed E-state index contributed by atoms with van der Waals surface area (Å²) in [5.41, 5.74) is 4.15. The van der Waals surface area contributed by atoms with Gasteiger partial charge >= 0.3 is 0 Å². The Morgan fingerprint density at radius 3 is 2.63 bits per heavy atom. The predicted octanol–water partition coefficient (Wildman–Crippen LogP) is 5.15. The number of carbonyl (C=O) groups is 1. The van der Waals surface area contributed by atoms with Crippen LogP contribution in [0.4, 0.5) is 11.4 Å². The second-order valence-corrected chi connectivity index (χ2v) is 8.06. The topological polar surface area (TPSA) is 50.8 Å². The van der Waals surface area contributed by atoms with Gasteiger partial charge in [-0.15, -0.1) is 0 Å². The highest BCUT2D eigenvalue weighted by Crippen LogP contribution is 2.39. The maximum atomic E-state index is 13.6. The molecular weight excluding hydrogens is 376 g/mol. The number of hydrogen-bond acceptors (Lipinski definition) is 4. The monoisotopic (exact) mass is 400 g/mol. The van der Waals surface area contributed by atoms with Crippen molar-refractivity contribution in [3.05, 3.63) is 83.4 Å².